The number of ether oxygens (including phenoxy) is 1. The Balaban J connectivity index is 0.00000264. The summed E-state index contributed by atoms with van der Waals surface area (Å²) in [5, 5.41) is 2.89. The maximum absolute atomic E-state index is 11.9. The van der Waals surface area contributed by atoms with Crippen molar-refractivity contribution in [3.63, 3.8) is 0 Å². The van der Waals surface area contributed by atoms with Crippen molar-refractivity contribution in [1.82, 2.24) is 5.32 Å². The number of anilines is 1. The number of hydrogen-bond donors (Lipinski definition) is 2. The first-order valence-corrected chi connectivity index (χ1v) is 7.47. The van der Waals surface area contributed by atoms with Crippen LogP contribution in [0, 0.1) is 0 Å². The maximum atomic E-state index is 11.9. The van der Waals surface area contributed by atoms with Crippen LogP contribution >= 0.6 is 12.4 Å². The highest BCUT2D eigenvalue weighted by molar-refractivity contribution is 5.85. The Hall–Kier alpha value is -2.20. The second-order valence-electron chi connectivity index (χ2n) is 5.24. The van der Waals surface area contributed by atoms with Crippen molar-refractivity contribution < 1.29 is 9.53 Å². The lowest BCUT2D eigenvalue weighted by Crippen LogP contribution is -2.33. The predicted octanol–water partition coefficient (Wildman–Crippen LogP) is 3.21. The zero-order valence-electron chi connectivity index (χ0n) is 13.2. The zero-order chi connectivity index (χ0) is 15.8. The Morgan fingerprint density at radius 1 is 1.13 bits per heavy atom. The van der Waals surface area contributed by atoms with Gasteiger partial charge in [0, 0.05) is 12.1 Å². The lowest BCUT2D eigenvalue weighted by molar-refractivity contribution is -0.121. The van der Waals surface area contributed by atoms with Crippen LogP contribution in [0.1, 0.15) is 18.9 Å². The molecule has 3 N–H and O–H groups in total. The highest BCUT2D eigenvalue weighted by Gasteiger charge is 2.08. The van der Waals surface area contributed by atoms with E-state index in [-0.39, 0.29) is 24.4 Å². The summed E-state index contributed by atoms with van der Waals surface area (Å²) in [5.41, 5.74) is 7.60. The van der Waals surface area contributed by atoms with Crippen molar-refractivity contribution in [2.45, 2.75) is 25.9 Å². The smallest absolute Gasteiger partial charge is 0.220 e. The second-order valence-corrected chi connectivity index (χ2v) is 5.24. The molecule has 1 amide bonds. The Morgan fingerprint density at radius 2 is 1.78 bits per heavy atom. The molecule has 1 atom stereocenters. The van der Waals surface area contributed by atoms with E-state index in [0.717, 1.165) is 17.0 Å². The summed E-state index contributed by atoms with van der Waals surface area (Å²) in [6.45, 7) is 2.42. The van der Waals surface area contributed by atoms with E-state index in [0.29, 0.717) is 19.4 Å². The normalized spacial score (nSPS) is 11.2. The zero-order valence-corrected chi connectivity index (χ0v) is 14.0. The first kappa shape index (κ1) is 18.8. The summed E-state index contributed by atoms with van der Waals surface area (Å²) in [7, 11) is 0. The Morgan fingerprint density at radius 3 is 2.48 bits per heavy atom. The summed E-state index contributed by atoms with van der Waals surface area (Å²) in [5.74, 6) is 0.813. The monoisotopic (exact) mass is 334 g/mol. The van der Waals surface area contributed by atoms with E-state index >= 15 is 0 Å². The molecule has 2 aromatic rings. The summed E-state index contributed by atoms with van der Waals surface area (Å²) >= 11 is 0. The van der Waals surface area contributed by atoms with Gasteiger partial charge in [-0.3, -0.25) is 4.79 Å². The van der Waals surface area contributed by atoms with Gasteiger partial charge in [-0.05, 0) is 37.1 Å². The summed E-state index contributed by atoms with van der Waals surface area (Å²) in [6, 6.07) is 17.2. The van der Waals surface area contributed by atoms with Crippen LogP contribution in [-0.4, -0.2) is 18.6 Å². The van der Waals surface area contributed by atoms with Crippen LogP contribution in [0.5, 0.6) is 5.75 Å². The molecule has 2 rings (SSSR count). The predicted molar refractivity (Wildman–Crippen MR) is 96.0 cm³/mol. The average Bonchev–Trinajstić information content (AvgIpc) is 2.53. The molecule has 0 saturated carbocycles. The number of rotatable bonds is 7. The maximum Gasteiger partial charge on any atom is 0.220 e. The van der Waals surface area contributed by atoms with Crippen molar-refractivity contribution >= 4 is 24.0 Å². The average molecular weight is 335 g/mol. The number of hydrogen-bond acceptors (Lipinski definition) is 3. The molecule has 0 radical (unpaired) electrons. The third-order valence-corrected chi connectivity index (χ3v) is 3.34. The molecule has 124 valence electrons. The second kappa shape index (κ2) is 9.74. The fraction of sp³-hybridized carbons (Fsp3) is 0.278. The molecule has 4 nitrogen and oxygen atoms in total. The van der Waals surface area contributed by atoms with Gasteiger partial charge in [0.2, 0.25) is 5.91 Å². The molecule has 0 aliphatic carbocycles. The summed E-state index contributed by atoms with van der Waals surface area (Å²) in [4.78, 5) is 11.9. The molecule has 0 fully saturated rings. The summed E-state index contributed by atoms with van der Waals surface area (Å²) in [6.07, 6.45) is 0.992. The summed E-state index contributed by atoms with van der Waals surface area (Å²) < 4.78 is 5.71. The van der Waals surface area contributed by atoms with Gasteiger partial charge in [-0.25, -0.2) is 0 Å². The molecule has 0 bridgehead atoms. The van der Waals surface area contributed by atoms with Gasteiger partial charge in [0.05, 0.1) is 6.54 Å². The van der Waals surface area contributed by atoms with Crippen LogP contribution in [0.2, 0.25) is 0 Å². The Bertz CT molecular complexity index is 605. The van der Waals surface area contributed by atoms with Gasteiger partial charge in [0.1, 0.15) is 11.9 Å². The minimum Gasteiger partial charge on any atom is -0.489 e. The van der Waals surface area contributed by atoms with Crippen LogP contribution in [-0.2, 0) is 11.2 Å². The molecule has 0 aromatic heterocycles. The van der Waals surface area contributed by atoms with E-state index in [1.165, 1.54) is 0 Å². The highest BCUT2D eigenvalue weighted by atomic mass is 35.5. The van der Waals surface area contributed by atoms with Crippen LogP contribution in [0.3, 0.4) is 0 Å². The molecule has 0 saturated heterocycles. The lowest BCUT2D eigenvalue weighted by Gasteiger charge is -2.15. The van der Waals surface area contributed by atoms with E-state index in [9.17, 15) is 4.79 Å². The molecule has 1 unspecified atom stereocenters. The van der Waals surface area contributed by atoms with E-state index < -0.39 is 0 Å². The minimum absolute atomic E-state index is 0. The van der Waals surface area contributed by atoms with Crippen LogP contribution in [0.4, 0.5) is 5.69 Å². The van der Waals surface area contributed by atoms with Crippen molar-refractivity contribution in [1.29, 1.82) is 0 Å². The fourth-order valence-electron chi connectivity index (χ4n) is 2.13. The molecule has 5 heteroatoms. The fourth-order valence-corrected chi connectivity index (χ4v) is 2.13. The topological polar surface area (TPSA) is 64.4 Å². The van der Waals surface area contributed by atoms with E-state index in [4.69, 9.17) is 10.5 Å². The number of amides is 1. The SMILES string of the molecule is CC(CNC(=O)CCc1ccccc1N)Oc1ccccc1.Cl. The standard InChI is InChI=1S/C18H22N2O2.ClH/c1-14(22-16-8-3-2-4-9-16)13-20-18(21)12-11-15-7-5-6-10-17(15)19;/h2-10,14H,11-13,19H2,1H3,(H,20,21);1H. The number of para-hydroxylation sites is 2. The van der Waals surface area contributed by atoms with Crippen LogP contribution < -0.4 is 15.8 Å². The van der Waals surface area contributed by atoms with Crippen LogP contribution in [0.25, 0.3) is 0 Å². The van der Waals surface area contributed by atoms with Crippen molar-refractivity contribution in [2.75, 3.05) is 12.3 Å². The molecular weight excluding hydrogens is 312 g/mol. The number of aryl methyl sites for hydroxylation is 1. The molecule has 0 aliphatic rings. The van der Waals surface area contributed by atoms with Crippen LogP contribution in [0.15, 0.2) is 54.6 Å². The number of benzene rings is 2. The number of carbonyl (C=O) groups is 1. The molecule has 23 heavy (non-hydrogen) atoms. The number of nitrogens with one attached hydrogen (secondary N) is 1. The van der Waals surface area contributed by atoms with Crippen molar-refractivity contribution in [3.05, 3.63) is 60.2 Å². The number of nitrogen functional groups attached to an aromatic ring is 1. The Labute approximate surface area is 143 Å². The molecule has 0 aliphatic heterocycles. The molecule has 0 spiro atoms. The quantitative estimate of drug-likeness (QED) is 0.764. The van der Waals surface area contributed by atoms with Gasteiger partial charge >= 0.3 is 0 Å². The highest BCUT2D eigenvalue weighted by Crippen LogP contribution is 2.13. The minimum atomic E-state index is -0.0758. The van der Waals surface area contributed by atoms with Gasteiger partial charge in [0.25, 0.3) is 0 Å². The van der Waals surface area contributed by atoms with E-state index in [2.05, 4.69) is 5.32 Å². The van der Waals surface area contributed by atoms with Gasteiger partial charge in [-0.1, -0.05) is 36.4 Å². The van der Waals surface area contributed by atoms with Gasteiger partial charge in [-0.15, -0.1) is 12.4 Å². The number of nitrogens with two attached hydrogens (primary N) is 1. The largest absolute Gasteiger partial charge is 0.489 e. The van der Waals surface area contributed by atoms with Gasteiger partial charge < -0.3 is 15.8 Å². The first-order chi connectivity index (χ1) is 10.6. The van der Waals surface area contributed by atoms with E-state index in [1.807, 2.05) is 61.5 Å². The Kier molecular flexibility index (Phi) is 7.98. The molecule has 2 aromatic carbocycles. The third kappa shape index (κ3) is 6.61. The van der Waals surface area contributed by atoms with Gasteiger partial charge in [-0.2, -0.15) is 0 Å². The number of halogens is 1. The van der Waals surface area contributed by atoms with Gasteiger partial charge in [0.15, 0.2) is 0 Å². The number of carbonyl (C=O) groups excluding carboxylic acids is 1. The van der Waals surface area contributed by atoms with E-state index in [1.54, 1.807) is 0 Å². The lowest BCUT2D eigenvalue weighted by atomic mass is 10.1. The third-order valence-electron chi connectivity index (χ3n) is 3.34. The van der Waals surface area contributed by atoms with Crippen molar-refractivity contribution in [3.8, 4) is 5.75 Å². The van der Waals surface area contributed by atoms with Crippen molar-refractivity contribution in [2.24, 2.45) is 0 Å². The molecular formula is C18H23ClN2O2. The first-order valence-electron chi connectivity index (χ1n) is 7.47. The molecule has 0 heterocycles.